The third-order valence-corrected chi connectivity index (χ3v) is 4.17. The summed E-state index contributed by atoms with van der Waals surface area (Å²) >= 11 is 0. The van der Waals surface area contributed by atoms with Gasteiger partial charge in [0.2, 0.25) is 5.91 Å². The first-order chi connectivity index (χ1) is 8.00. The molecule has 1 saturated carbocycles. The van der Waals surface area contributed by atoms with Crippen molar-refractivity contribution in [1.29, 1.82) is 0 Å². The third kappa shape index (κ3) is 3.70. The van der Waals surface area contributed by atoms with Crippen molar-refractivity contribution < 1.29 is 4.79 Å². The van der Waals surface area contributed by atoms with Crippen molar-refractivity contribution in [2.75, 3.05) is 0 Å². The summed E-state index contributed by atoms with van der Waals surface area (Å²) < 4.78 is 0. The fourth-order valence-corrected chi connectivity index (χ4v) is 2.64. The number of hydrogen-bond donors (Lipinski definition) is 2. The number of amides is 1. The zero-order valence-electron chi connectivity index (χ0n) is 11.6. The van der Waals surface area contributed by atoms with Crippen molar-refractivity contribution in [3.8, 4) is 0 Å². The van der Waals surface area contributed by atoms with E-state index in [9.17, 15) is 4.79 Å². The van der Waals surface area contributed by atoms with Gasteiger partial charge < -0.3 is 11.1 Å². The monoisotopic (exact) mass is 240 g/mol. The topological polar surface area (TPSA) is 55.1 Å². The van der Waals surface area contributed by atoms with E-state index in [0.717, 1.165) is 25.7 Å². The van der Waals surface area contributed by atoms with Gasteiger partial charge in [-0.15, -0.1) is 0 Å². The first-order valence-corrected chi connectivity index (χ1v) is 7.07. The van der Waals surface area contributed by atoms with E-state index >= 15 is 0 Å². The van der Waals surface area contributed by atoms with Crippen molar-refractivity contribution >= 4 is 5.91 Å². The molecule has 0 bridgehead atoms. The molecular formula is C14H28N2O. The molecule has 3 unspecified atom stereocenters. The first-order valence-electron chi connectivity index (χ1n) is 7.07. The van der Waals surface area contributed by atoms with Crippen molar-refractivity contribution in [3.05, 3.63) is 0 Å². The molecule has 1 rings (SSSR count). The van der Waals surface area contributed by atoms with Gasteiger partial charge in [-0.3, -0.25) is 4.79 Å². The lowest BCUT2D eigenvalue weighted by Gasteiger charge is -2.29. The molecule has 3 nitrogen and oxygen atoms in total. The molecule has 3 atom stereocenters. The van der Waals surface area contributed by atoms with E-state index in [-0.39, 0.29) is 23.4 Å². The summed E-state index contributed by atoms with van der Waals surface area (Å²) in [7, 11) is 0. The Balaban J connectivity index is 2.37. The van der Waals surface area contributed by atoms with Crippen molar-refractivity contribution in [2.24, 2.45) is 11.1 Å². The average molecular weight is 240 g/mol. The van der Waals surface area contributed by atoms with Crippen LogP contribution in [-0.4, -0.2) is 18.0 Å². The van der Waals surface area contributed by atoms with Crippen LogP contribution in [-0.2, 0) is 4.79 Å². The van der Waals surface area contributed by atoms with Gasteiger partial charge >= 0.3 is 0 Å². The van der Waals surface area contributed by atoms with E-state index in [1.807, 2.05) is 6.92 Å². The second-order valence-electron chi connectivity index (χ2n) is 5.79. The molecular weight excluding hydrogens is 212 g/mol. The van der Waals surface area contributed by atoms with Gasteiger partial charge in [-0.2, -0.15) is 0 Å². The maximum atomic E-state index is 12.2. The van der Waals surface area contributed by atoms with Gasteiger partial charge in [0, 0.05) is 12.1 Å². The summed E-state index contributed by atoms with van der Waals surface area (Å²) in [5.41, 5.74) is 5.72. The molecule has 3 heteroatoms. The van der Waals surface area contributed by atoms with Gasteiger partial charge in [0.25, 0.3) is 0 Å². The fraction of sp³-hybridized carbons (Fsp3) is 0.929. The van der Waals surface area contributed by atoms with E-state index in [4.69, 9.17) is 5.73 Å². The molecule has 0 aromatic rings. The first kappa shape index (κ1) is 14.5. The van der Waals surface area contributed by atoms with Crippen LogP contribution in [0.2, 0.25) is 0 Å². The molecule has 0 radical (unpaired) electrons. The molecule has 0 heterocycles. The van der Waals surface area contributed by atoms with Crippen LogP contribution in [0, 0.1) is 5.41 Å². The lowest BCUT2D eigenvalue weighted by atomic mass is 9.84. The highest BCUT2D eigenvalue weighted by atomic mass is 16.2. The molecule has 1 aliphatic rings. The Morgan fingerprint density at radius 3 is 2.76 bits per heavy atom. The molecule has 0 saturated heterocycles. The van der Waals surface area contributed by atoms with Gasteiger partial charge in [0.1, 0.15) is 0 Å². The molecule has 1 amide bonds. The highest BCUT2D eigenvalue weighted by Crippen LogP contribution is 2.36. The van der Waals surface area contributed by atoms with Crippen LogP contribution in [0.1, 0.15) is 65.7 Å². The van der Waals surface area contributed by atoms with Crippen LogP contribution >= 0.6 is 0 Å². The number of unbranched alkanes of at least 4 members (excludes halogenated alkanes) is 2. The molecule has 3 N–H and O–H groups in total. The Hall–Kier alpha value is -0.570. The molecule has 0 spiro atoms. The fourth-order valence-electron chi connectivity index (χ4n) is 2.64. The number of carbonyl (C=O) groups excluding carboxylic acids is 1. The van der Waals surface area contributed by atoms with Gasteiger partial charge in [0.05, 0.1) is 5.41 Å². The summed E-state index contributed by atoms with van der Waals surface area (Å²) in [5, 5.41) is 3.13. The quantitative estimate of drug-likeness (QED) is 0.701. The van der Waals surface area contributed by atoms with Gasteiger partial charge in [-0.1, -0.05) is 32.6 Å². The molecule has 1 aliphatic carbocycles. The highest BCUT2D eigenvalue weighted by Gasteiger charge is 2.43. The minimum Gasteiger partial charge on any atom is -0.353 e. The van der Waals surface area contributed by atoms with Gasteiger partial charge in [-0.05, 0) is 33.1 Å². The van der Waals surface area contributed by atoms with Crippen LogP contribution in [0.3, 0.4) is 0 Å². The normalized spacial score (nSPS) is 30.2. The lowest BCUT2D eigenvalue weighted by Crippen LogP contribution is -2.49. The van der Waals surface area contributed by atoms with Crippen LogP contribution in [0.5, 0.6) is 0 Å². The standard InChI is InChI=1S/C14H28N2O/c1-4-5-6-8-11(2)16-13(17)14(3)10-7-9-12(14)15/h11-12H,4-10,15H2,1-3H3,(H,16,17). The Bertz CT molecular complexity index is 255. The summed E-state index contributed by atoms with van der Waals surface area (Å²) in [5.74, 6) is 0.159. The molecule has 0 aliphatic heterocycles. The highest BCUT2D eigenvalue weighted by molar-refractivity contribution is 5.83. The zero-order valence-corrected chi connectivity index (χ0v) is 11.6. The molecule has 17 heavy (non-hydrogen) atoms. The number of carbonyl (C=O) groups is 1. The van der Waals surface area contributed by atoms with E-state index in [2.05, 4.69) is 19.2 Å². The van der Waals surface area contributed by atoms with E-state index in [0.29, 0.717) is 0 Å². The summed E-state index contributed by atoms with van der Waals surface area (Å²) in [6.07, 6.45) is 7.73. The van der Waals surface area contributed by atoms with Crippen molar-refractivity contribution in [3.63, 3.8) is 0 Å². The summed E-state index contributed by atoms with van der Waals surface area (Å²) in [4.78, 5) is 12.2. The number of nitrogens with two attached hydrogens (primary N) is 1. The minimum absolute atomic E-state index is 0.0327. The van der Waals surface area contributed by atoms with Crippen LogP contribution in [0.25, 0.3) is 0 Å². The largest absolute Gasteiger partial charge is 0.353 e. The summed E-state index contributed by atoms with van der Waals surface area (Å²) in [6.45, 7) is 6.30. The Labute approximate surface area is 106 Å². The molecule has 0 aromatic heterocycles. The Kier molecular flexibility index (Phi) is 5.44. The molecule has 1 fully saturated rings. The predicted octanol–water partition coefficient (Wildman–Crippen LogP) is 2.59. The molecule has 100 valence electrons. The van der Waals surface area contributed by atoms with Gasteiger partial charge in [-0.25, -0.2) is 0 Å². The SMILES string of the molecule is CCCCCC(C)NC(=O)C1(C)CCCC1N. The maximum absolute atomic E-state index is 12.2. The number of rotatable bonds is 6. The van der Waals surface area contributed by atoms with Crippen LogP contribution in [0.4, 0.5) is 0 Å². The van der Waals surface area contributed by atoms with E-state index in [1.54, 1.807) is 0 Å². The van der Waals surface area contributed by atoms with E-state index < -0.39 is 0 Å². The van der Waals surface area contributed by atoms with Gasteiger partial charge in [0.15, 0.2) is 0 Å². The third-order valence-electron chi connectivity index (χ3n) is 4.17. The second-order valence-corrected chi connectivity index (χ2v) is 5.79. The van der Waals surface area contributed by atoms with Crippen LogP contribution in [0.15, 0.2) is 0 Å². The Morgan fingerprint density at radius 1 is 1.53 bits per heavy atom. The number of nitrogens with one attached hydrogen (secondary N) is 1. The smallest absolute Gasteiger partial charge is 0.227 e. The van der Waals surface area contributed by atoms with Crippen molar-refractivity contribution in [1.82, 2.24) is 5.32 Å². The van der Waals surface area contributed by atoms with E-state index in [1.165, 1.54) is 19.3 Å². The average Bonchev–Trinajstić information content (AvgIpc) is 2.61. The molecule has 0 aromatic carbocycles. The maximum Gasteiger partial charge on any atom is 0.227 e. The minimum atomic E-state index is -0.334. The number of hydrogen-bond acceptors (Lipinski definition) is 2. The zero-order chi connectivity index (χ0) is 12.9. The second kappa shape index (κ2) is 6.39. The lowest BCUT2D eigenvalue weighted by molar-refractivity contribution is -0.131. The Morgan fingerprint density at radius 2 is 2.24 bits per heavy atom. The van der Waals surface area contributed by atoms with Crippen molar-refractivity contribution in [2.45, 2.75) is 77.8 Å². The summed E-state index contributed by atoms with van der Waals surface area (Å²) in [6, 6.07) is 0.309. The predicted molar refractivity (Wildman–Crippen MR) is 71.7 cm³/mol. The van der Waals surface area contributed by atoms with Crippen LogP contribution < -0.4 is 11.1 Å².